The Hall–Kier alpha value is -1.77. The minimum Gasteiger partial charge on any atom is -0.383 e. The van der Waals surface area contributed by atoms with E-state index in [1.807, 2.05) is 0 Å². The molecule has 1 aliphatic heterocycles. The molecule has 1 atom stereocenters. The normalized spacial score (nSPS) is 18.1. The number of aromatic nitrogens is 2. The average molecular weight is 269 g/mol. The summed E-state index contributed by atoms with van der Waals surface area (Å²) in [5, 5.41) is 0. The van der Waals surface area contributed by atoms with Crippen molar-refractivity contribution in [3.63, 3.8) is 0 Å². The van der Waals surface area contributed by atoms with Crippen molar-refractivity contribution >= 4 is 5.82 Å². The Morgan fingerprint density at radius 2 is 1.85 bits per heavy atom. The topological polar surface area (TPSA) is 43.8 Å². The van der Waals surface area contributed by atoms with Crippen LogP contribution >= 0.6 is 0 Å². The Bertz CT molecular complexity index is 644. The number of hydrogen-bond donors (Lipinski definition) is 1. The number of anilines is 1. The van der Waals surface area contributed by atoms with Crippen molar-refractivity contribution in [2.45, 2.75) is 53.0 Å². The average Bonchev–Trinajstić information content (AvgIpc) is 2.67. The van der Waals surface area contributed by atoms with Gasteiger partial charge in [0.05, 0.1) is 0 Å². The first kappa shape index (κ1) is 13.2. The smallest absolute Gasteiger partial charge is 0.132 e. The first-order valence-electron chi connectivity index (χ1n) is 7.44. The van der Waals surface area contributed by atoms with E-state index in [9.17, 15) is 0 Å². The van der Waals surface area contributed by atoms with Gasteiger partial charge in [-0.05, 0) is 51.7 Å². The van der Waals surface area contributed by atoms with Crippen LogP contribution in [0.3, 0.4) is 0 Å². The van der Waals surface area contributed by atoms with E-state index in [1.165, 1.54) is 35.1 Å². The quantitative estimate of drug-likeness (QED) is 0.851. The van der Waals surface area contributed by atoms with Gasteiger partial charge in [-0.15, -0.1) is 0 Å². The van der Waals surface area contributed by atoms with Crippen molar-refractivity contribution < 1.29 is 0 Å². The number of benzene rings is 1. The second kappa shape index (κ2) is 4.65. The Balaban J connectivity index is 2.22. The lowest BCUT2D eigenvalue weighted by molar-refractivity contribution is 0.430. The van der Waals surface area contributed by atoms with Crippen LogP contribution in [-0.4, -0.2) is 9.55 Å². The molecule has 0 fully saturated rings. The molecule has 3 rings (SSSR count). The summed E-state index contributed by atoms with van der Waals surface area (Å²) in [6.07, 6.45) is 3.44. The first-order chi connectivity index (χ1) is 9.49. The molecular weight excluding hydrogens is 246 g/mol. The fraction of sp³-hybridized carbons (Fsp3) is 0.471. The molecule has 1 unspecified atom stereocenters. The van der Waals surface area contributed by atoms with E-state index in [4.69, 9.17) is 10.7 Å². The fourth-order valence-electron chi connectivity index (χ4n) is 3.58. The number of rotatable bonds is 1. The monoisotopic (exact) mass is 269 g/mol. The summed E-state index contributed by atoms with van der Waals surface area (Å²) in [6, 6.07) is 4.89. The standard InChI is InChI=1S/C17H23N3/c1-10-8-11(2)15(12(3)9-10)16-17(18)20-13(4)6-5-7-14(20)19-16/h8-9,13H,5-7,18H2,1-4H3. The van der Waals surface area contributed by atoms with Gasteiger partial charge < -0.3 is 10.3 Å². The number of nitrogen functional groups attached to an aromatic ring is 1. The zero-order valence-corrected chi connectivity index (χ0v) is 12.8. The number of hydrogen-bond acceptors (Lipinski definition) is 2. The SMILES string of the molecule is Cc1cc(C)c(-c2nc3n(c2N)C(C)CCC3)c(C)c1. The van der Waals surface area contributed by atoms with Crippen molar-refractivity contribution in [2.75, 3.05) is 5.73 Å². The molecule has 0 aliphatic carbocycles. The van der Waals surface area contributed by atoms with Crippen LogP contribution < -0.4 is 5.73 Å². The number of imidazole rings is 1. The molecule has 0 amide bonds. The molecular formula is C17H23N3. The van der Waals surface area contributed by atoms with Crippen LogP contribution in [-0.2, 0) is 6.42 Å². The van der Waals surface area contributed by atoms with Gasteiger partial charge in [-0.2, -0.15) is 0 Å². The van der Waals surface area contributed by atoms with Crippen LogP contribution in [0, 0.1) is 20.8 Å². The fourth-order valence-corrected chi connectivity index (χ4v) is 3.58. The molecule has 1 aromatic heterocycles. The first-order valence-corrected chi connectivity index (χ1v) is 7.44. The highest BCUT2D eigenvalue weighted by Crippen LogP contribution is 2.37. The molecule has 20 heavy (non-hydrogen) atoms. The largest absolute Gasteiger partial charge is 0.383 e. The predicted octanol–water partition coefficient (Wildman–Crippen LogP) is 3.95. The Morgan fingerprint density at radius 1 is 1.20 bits per heavy atom. The van der Waals surface area contributed by atoms with Crippen LogP contribution in [0.4, 0.5) is 5.82 Å². The predicted molar refractivity (Wildman–Crippen MR) is 83.9 cm³/mol. The lowest BCUT2D eigenvalue weighted by Gasteiger charge is -2.22. The molecule has 0 bridgehead atoms. The van der Waals surface area contributed by atoms with E-state index >= 15 is 0 Å². The molecule has 0 radical (unpaired) electrons. The summed E-state index contributed by atoms with van der Waals surface area (Å²) in [7, 11) is 0. The van der Waals surface area contributed by atoms with Gasteiger partial charge in [0.2, 0.25) is 0 Å². The van der Waals surface area contributed by atoms with Crippen molar-refractivity contribution in [3.05, 3.63) is 34.6 Å². The van der Waals surface area contributed by atoms with Crippen molar-refractivity contribution in [3.8, 4) is 11.3 Å². The molecule has 3 heteroatoms. The highest BCUT2D eigenvalue weighted by molar-refractivity contribution is 5.77. The van der Waals surface area contributed by atoms with Crippen LogP contribution in [0.25, 0.3) is 11.3 Å². The van der Waals surface area contributed by atoms with E-state index in [1.54, 1.807) is 0 Å². The summed E-state index contributed by atoms with van der Waals surface area (Å²) in [5.41, 5.74) is 12.4. The Labute approximate surface area is 120 Å². The van der Waals surface area contributed by atoms with Gasteiger partial charge in [0, 0.05) is 18.0 Å². The van der Waals surface area contributed by atoms with Crippen LogP contribution in [0.5, 0.6) is 0 Å². The molecule has 1 aliphatic rings. The number of fused-ring (bicyclic) bond motifs is 1. The maximum atomic E-state index is 6.42. The lowest BCUT2D eigenvalue weighted by atomic mass is 9.97. The van der Waals surface area contributed by atoms with E-state index < -0.39 is 0 Å². The third kappa shape index (κ3) is 1.92. The maximum Gasteiger partial charge on any atom is 0.132 e. The molecule has 2 heterocycles. The van der Waals surface area contributed by atoms with Gasteiger partial charge in [-0.1, -0.05) is 17.7 Å². The molecule has 0 saturated carbocycles. The summed E-state index contributed by atoms with van der Waals surface area (Å²) in [6.45, 7) is 8.67. The molecule has 1 aromatic carbocycles. The summed E-state index contributed by atoms with van der Waals surface area (Å²) in [5.74, 6) is 1.98. The molecule has 2 N–H and O–H groups in total. The minimum absolute atomic E-state index is 0.464. The molecule has 0 spiro atoms. The summed E-state index contributed by atoms with van der Waals surface area (Å²) in [4.78, 5) is 4.86. The van der Waals surface area contributed by atoms with Gasteiger partial charge in [0.15, 0.2) is 0 Å². The van der Waals surface area contributed by atoms with Crippen LogP contribution in [0.2, 0.25) is 0 Å². The van der Waals surface area contributed by atoms with Gasteiger partial charge in [-0.3, -0.25) is 0 Å². The minimum atomic E-state index is 0.464. The molecule has 2 aromatic rings. The van der Waals surface area contributed by atoms with E-state index in [0.29, 0.717) is 6.04 Å². The zero-order valence-electron chi connectivity index (χ0n) is 12.8. The lowest BCUT2D eigenvalue weighted by Crippen LogP contribution is -2.17. The highest BCUT2D eigenvalue weighted by atomic mass is 15.2. The number of nitrogens with zero attached hydrogens (tertiary/aromatic N) is 2. The Morgan fingerprint density at radius 3 is 2.45 bits per heavy atom. The van der Waals surface area contributed by atoms with Gasteiger partial charge in [-0.25, -0.2) is 4.98 Å². The number of aryl methyl sites for hydroxylation is 4. The maximum absolute atomic E-state index is 6.42. The van der Waals surface area contributed by atoms with E-state index in [0.717, 1.165) is 23.8 Å². The third-order valence-electron chi connectivity index (χ3n) is 4.40. The molecule has 106 valence electrons. The van der Waals surface area contributed by atoms with E-state index in [2.05, 4.69) is 44.4 Å². The van der Waals surface area contributed by atoms with Gasteiger partial charge in [0.25, 0.3) is 0 Å². The van der Waals surface area contributed by atoms with Crippen LogP contribution in [0.1, 0.15) is 48.3 Å². The second-order valence-electron chi connectivity index (χ2n) is 6.15. The van der Waals surface area contributed by atoms with Gasteiger partial charge in [0.1, 0.15) is 17.3 Å². The van der Waals surface area contributed by atoms with Gasteiger partial charge >= 0.3 is 0 Å². The Kier molecular flexibility index (Phi) is 3.08. The van der Waals surface area contributed by atoms with Crippen LogP contribution in [0.15, 0.2) is 12.1 Å². The van der Waals surface area contributed by atoms with Crippen molar-refractivity contribution in [1.82, 2.24) is 9.55 Å². The van der Waals surface area contributed by atoms with Crippen molar-refractivity contribution in [1.29, 1.82) is 0 Å². The molecule has 3 nitrogen and oxygen atoms in total. The summed E-state index contributed by atoms with van der Waals surface area (Å²) >= 11 is 0. The summed E-state index contributed by atoms with van der Waals surface area (Å²) < 4.78 is 2.23. The zero-order chi connectivity index (χ0) is 14.4. The number of nitrogens with two attached hydrogens (primary N) is 1. The van der Waals surface area contributed by atoms with E-state index in [-0.39, 0.29) is 0 Å². The molecule has 0 saturated heterocycles. The van der Waals surface area contributed by atoms with Crippen molar-refractivity contribution in [2.24, 2.45) is 0 Å². The second-order valence-corrected chi connectivity index (χ2v) is 6.15. The highest BCUT2D eigenvalue weighted by Gasteiger charge is 2.24. The third-order valence-corrected chi connectivity index (χ3v) is 4.40.